The molecule has 5 heteroatoms. The van der Waals surface area contributed by atoms with Crippen molar-refractivity contribution in [1.29, 1.82) is 0 Å². The van der Waals surface area contributed by atoms with E-state index in [1.165, 1.54) is 0 Å². The number of nitrogens with zero attached hydrogens (tertiary/aromatic N) is 3. The average molecular weight is 237 g/mol. The van der Waals surface area contributed by atoms with E-state index in [-0.39, 0.29) is 6.42 Å². The molecular weight excluding hydrogens is 218 g/mol. The van der Waals surface area contributed by atoms with Crippen LogP contribution in [0.25, 0.3) is 0 Å². The lowest BCUT2D eigenvalue weighted by Gasteiger charge is -2.30. The number of hydrogen-bond donors (Lipinski definition) is 1. The third kappa shape index (κ3) is 3.06. The van der Waals surface area contributed by atoms with Crippen LogP contribution in [-0.2, 0) is 11.2 Å². The molecule has 0 atom stereocenters. The Hall–Kier alpha value is -1.36. The van der Waals surface area contributed by atoms with Gasteiger partial charge in [-0.25, -0.2) is 0 Å². The molecule has 17 heavy (non-hydrogen) atoms. The van der Waals surface area contributed by atoms with Crippen molar-refractivity contribution in [2.24, 2.45) is 0 Å². The molecule has 2 rings (SSSR count). The number of aliphatic carboxylic acids is 1. The van der Waals surface area contributed by atoms with Gasteiger partial charge >= 0.3 is 5.97 Å². The van der Waals surface area contributed by atoms with Gasteiger partial charge in [0, 0.05) is 11.9 Å². The maximum Gasteiger partial charge on any atom is 0.303 e. The SMILES string of the molecule is CN1CCC(n2nccc2CCC(=O)O)CC1. The maximum absolute atomic E-state index is 10.6. The molecule has 1 aliphatic rings. The lowest BCUT2D eigenvalue weighted by atomic mass is 10.1. The summed E-state index contributed by atoms with van der Waals surface area (Å²) < 4.78 is 2.02. The number of piperidine rings is 1. The first kappa shape index (κ1) is 12.1. The Bertz CT molecular complexity index is 381. The molecular formula is C12H19N3O2. The Morgan fingerprint density at radius 1 is 1.53 bits per heavy atom. The summed E-state index contributed by atoms with van der Waals surface area (Å²) in [6, 6.07) is 2.37. The molecule has 0 aliphatic carbocycles. The van der Waals surface area contributed by atoms with E-state index < -0.39 is 5.97 Å². The molecule has 0 bridgehead atoms. The van der Waals surface area contributed by atoms with Gasteiger partial charge in [0.15, 0.2) is 0 Å². The number of rotatable bonds is 4. The Labute approximate surface area is 101 Å². The van der Waals surface area contributed by atoms with Crippen molar-refractivity contribution in [2.75, 3.05) is 20.1 Å². The van der Waals surface area contributed by atoms with Crippen LogP contribution in [0.1, 0.15) is 31.0 Å². The molecule has 0 spiro atoms. The lowest BCUT2D eigenvalue weighted by Crippen LogP contribution is -2.32. The highest BCUT2D eigenvalue weighted by Gasteiger charge is 2.20. The number of carbonyl (C=O) groups is 1. The molecule has 94 valence electrons. The van der Waals surface area contributed by atoms with Gasteiger partial charge in [0.05, 0.1) is 12.5 Å². The van der Waals surface area contributed by atoms with Crippen molar-refractivity contribution < 1.29 is 9.90 Å². The van der Waals surface area contributed by atoms with Gasteiger partial charge in [0.2, 0.25) is 0 Å². The Morgan fingerprint density at radius 3 is 2.88 bits per heavy atom. The second-order valence-electron chi connectivity index (χ2n) is 4.70. The molecule has 1 aromatic heterocycles. The minimum absolute atomic E-state index is 0.179. The van der Waals surface area contributed by atoms with Gasteiger partial charge in [-0.3, -0.25) is 9.48 Å². The van der Waals surface area contributed by atoms with E-state index in [4.69, 9.17) is 5.11 Å². The van der Waals surface area contributed by atoms with Crippen molar-refractivity contribution >= 4 is 5.97 Å². The summed E-state index contributed by atoms with van der Waals surface area (Å²) in [6.07, 6.45) is 4.71. The largest absolute Gasteiger partial charge is 0.481 e. The zero-order valence-electron chi connectivity index (χ0n) is 10.2. The highest BCUT2D eigenvalue weighted by atomic mass is 16.4. The standard InChI is InChI=1S/C12H19N3O2/c1-14-8-5-11(6-9-14)15-10(4-7-13-15)2-3-12(16)17/h4,7,11H,2-3,5-6,8-9H2,1H3,(H,16,17). The van der Waals surface area contributed by atoms with E-state index in [0.717, 1.165) is 31.6 Å². The van der Waals surface area contributed by atoms with Crippen LogP contribution in [-0.4, -0.2) is 45.9 Å². The topological polar surface area (TPSA) is 58.4 Å². The summed E-state index contributed by atoms with van der Waals surface area (Å²) in [7, 11) is 2.13. The molecule has 5 nitrogen and oxygen atoms in total. The van der Waals surface area contributed by atoms with E-state index in [0.29, 0.717) is 12.5 Å². The minimum atomic E-state index is -0.749. The second kappa shape index (κ2) is 5.31. The highest BCUT2D eigenvalue weighted by molar-refractivity contribution is 5.66. The Kier molecular flexibility index (Phi) is 3.78. The average Bonchev–Trinajstić information content (AvgIpc) is 2.75. The van der Waals surface area contributed by atoms with Crippen LogP contribution in [0.15, 0.2) is 12.3 Å². The van der Waals surface area contributed by atoms with Gasteiger partial charge in [-0.2, -0.15) is 5.10 Å². The summed E-state index contributed by atoms with van der Waals surface area (Å²) in [5, 5.41) is 13.1. The summed E-state index contributed by atoms with van der Waals surface area (Å²) in [4.78, 5) is 12.9. The molecule has 0 unspecified atom stereocenters. The molecule has 1 aromatic rings. The second-order valence-corrected chi connectivity index (χ2v) is 4.70. The predicted octanol–water partition coefficient (Wildman–Crippen LogP) is 1.17. The fourth-order valence-electron chi connectivity index (χ4n) is 2.34. The monoisotopic (exact) mass is 237 g/mol. The number of hydrogen-bond acceptors (Lipinski definition) is 3. The minimum Gasteiger partial charge on any atom is -0.481 e. The predicted molar refractivity (Wildman–Crippen MR) is 64.0 cm³/mol. The van der Waals surface area contributed by atoms with Crippen molar-refractivity contribution in [1.82, 2.24) is 14.7 Å². The molecule has 0 radical (unpaired) electrons. The summed E-state index contributed by atoms with van der Waals surface area (Å²) in [5.74, 6) is -0.749. The summed E-state index contributed by atoms with van der Waals surface area (Å²) in [5.41, 5.74) is 1.04. The number of carboxylic acid groups (broad SMARTS) is 1. The van der Waals surface area contributed by atoms with E-state index in [1.807, 2.05) is 10.7 Å². The normalized spacial score (nSPS) is 18.4. The van der Waals surface area contributed by atoms with Gasteiger partial charge in [-0.1, -0.05) is 0 Å². The quantitative estimate of drug-likeness (QED) is 0.854. The first-order valence-electron chi connectivity index (χ1n) is 6.09. The first-order valence-corrected chi connectivity index (χ1v) is 6.09. The van der Waals surface area contributed by atoms with Crippen molar-refractivity contribution in [3.05, 3.63) is 18.0 Å². The van der Waals surface area contributed by atoms with Gasteiger partial charge < -0.3 is 10.0 Å². The molecule has 1 saturated heterocycles. The zero-order valence-corrected chi connectivity index (χ0v) is 10.2. The highest BCUT2D eigenvalue weighted by Crippen LogP contribution is 2.22. The summed E-state index contributed by atoms with van der Waals surface area (Å²) in [6.45, 7) is 2.17. The molecule has 1 aliphatic heterocycles. The van der Waals surface area contributed by atoms with Crippen LogP contribution in [0, 0.1) is 0 Å². The lowest BCUT2D eigenvalue weighted by molar-refractivity contribution is -0.137. The third-order valence-electron chi connectivity index (χ3n) is 3.38. The molecule has 0 saturated carbocycles. The van der Waals surface area contributed by atoms with Crippen LogP contribution in [0.2, 0.25) is 0 Å². The Balaban J connectivity index is 2.00. The van der Waals surface area contributed by atoms with Crippen molar-refractivity contribution in [3.8, 4) is 0 Å². The van der Waals surface area contributed by atoms with Crippen LogP contribution in [0.4, 0.5) is 0 Å². The Morgan fingerprint density at radius 2 is 2.24 bits per heavy atom. The fourth-order valence-corrected chi connectivity index (χ4v) is 2.34. The zero-order chi connectivity index (χ0) is 12.3. The van der Waals surface area contributed by atoms with E-state index >= 15 is 0 Å². The van der Waals surface area contributed by atoms with Gasteiger partial charge in [-0.05, 0) is 45.5 Å². The van der Waals surface area contributed by atoms with E-state index in [2.05, 4.69) is 17.0 Å². The van der Waals surface area contributed by atoms with Gasteiger partial charge in [0.1, 0.15) is 0 Å². The smallest absolute Gasteiger partial charge is 0.303 e. The van der Waals surface area contributed by atoms with Crippen LogP contribution in [0.5, 0.6) is 0 Å². The number of carboxylic acids is 1. The molecule has 1 N–H and O–H groups in total. The van der Waals surface area contributed by atoms with E-state index in [9.17, 15) is 4.79 Å². The third-order valence-corrected chi connectivity index (χ3v) is 3.38. The fraction of sp³-hybridized carbons (Fsp3) is 0.667. The van der Waals surface area contributed by atoms with Crippen molar-refractivity contribution in [3.63, 3.8) is 0 Å². The number of aryl methyl sites for hydroxylation is 1. The molecule has 1 fully saturated rings. The molecule has 2 heterocycles. The van der Waals surface area contributed by atoms with Crippen molar-refractivity contribution in [2.45, 2.75) is 31.7 Å². The number of aromatic nitrogens is 2. The van der Waals surface area contributed by atoms with Crippen LogP contribution in [0.3, 0.4) is 0 Å². The van der Waals surface area contributed by atoms with Gasteiger partial charge in [0.25, 0.3) is 0 Å². The summed E-state index contributed by atoms with van der Waals surface area (Å²) >= 11 is 0. The first-order chi connectivity index (χ1) is 8.16. The maximum atomic E-state index is 10.6. The molecule has 0 aromatic carbocycles. The number of likely N-dealkylation sites (tertiary alicyclic amines) is 1. The van der Waals surface area contributed by atoms with Crippen LogP contribution < -0.4 is 0 Å². The molecule has 0 amide bonds. The van der Waals surface area contributed by atoms with E-state index in [1.54, 1.807) is 6.20 Å². The van der Waals surface area contributed by atoms with Gasteiger partial charge in [-0.15, -0.1) is 0 Å². The van der Waals surface area contributed by atoms with Crippen LogP contribution >= 0.6 is 0 Å².